The number of ether oxygens (including phenoxy) is 2. The molecule has 3 N–H and O–H groups in total. The zero-order chi connectivity index (χ0) is 15.2. The van der Waals surface area contributed by atoms with E-state index in [1.165, 1.54) is 11.8 Å². The molecule has 0 aliphatic carbocycles. The van der Waals surface area contributed by atoms with E-state index in [4.69, 9.17) is 15.3 Å². The van der Waals surface area contributed by atoms with Crippen molar-refractivity contribution in [3.05, 3.63) is 24.3 Å². The number of methoxy groups -OCH3 is 1. The van der Waals surface area contributed by atoms with Gasteiger partial charge in [0.2, 0.25) is 11.1 Å². The SMILES string of the molecule is COc1ccccc1Sc1nc(NN)nc(OC(C)C)n1. The fourth-order valence-corrected chi connectivity index (χ4v) is 2.36. The Morgan fingerprint density at radius 2 is 1.95 bits per heavy atom. The maximum atomic E-state index is 5.49. The average molecular weight is 307 g/mol. The number of nitrogen functional groups attached to an aromatic ring is 1. The zero-order valence-corrected chi connectivity index (χ0v) is 12.8. The van der Waals surface area contributed by atoms with Crippen LogP contribution in [0.1, 0.15) is 13.8 Å². The van der Waals surface area contributed by atoms with E-state index in [9.17, 15) is 0 Å². The fourth-order valence-electron chi connectivity index (χ4n) is 1.51. The second-order valence-corrected chi connectivity index (χ2v) is 5.30. The van der Waals surface area contributed by atoms with Gasteiger partial charge < -0.3 is 9.47 Å². The van der Waals surface area contributed by atoms with Crippen molar-refractivity contribution < 1.29 is 9.47 Å². The lowest BCUT2D eigenvalue weighted by molar-refractivity contribution is 0.219. The van der Waals surface area contributed by atoms with Gasteiger partial charge in [0.05, 0.1) is 18.1 Å². The smallest absolute Gasteiger partial charge is 0.322 e. The maximum absolute atomic E-state index is 5.49. The topological polar surface area (TPSA) is 95.2 Å². The normalized spacial score (nSPS) is 10.5. The van der Waals surface area contributed by atoms with Crippen LogP contribution in [0.2, 0.25) is 0 Å². The first-order valence-corrected chi connectivity index (χ1v) is 7.14. The van der Waals surface area contributed by atoms with Crippen LogP contribution in [0.15, 0.2) is 34.3 Å². The monoisotopic (exact) mass is 307 g/mol. The summed E-state index contributed by atoms with van der Waals surface area (Å²) in [6.07, 6.45) is -0.0397. The number of hydrogen-bond acceptors (Lipinski definition) is 8. The summed E-state index contributed by atoms with van der Waals surface area (Å²) in [4.78, 5) is 13.4. The lowest BCUT2D eigenvalue weighted by Gasteiger charge is -2.10. The van der Waals surface area contributed by atoms with Crippen LogP contribution in [-0.2, 0) is 0 Å². The highest BCUT2D eigenvalue weighted by Gasteiger charge is 2.12. The van der Waals surface area contributed by atoms with E-state index in [1.807, 2.05) is 38.1 Å². The molecule has 7 nitrogen and oxygen atoms in total. The van der Waals surface area contributed by atoms with Gasteiger partial charge in [0.25, 0.3) is 0 Å². The summed E-state index contributed by atoms with van der Waals surface area (Å²) < 4.78 is 10.8. The Hall–Kier alpha value is -2.06. The van der Waals surface area contributed by atoms with Gasteiger partial charge in [-0.3, -0.25) is 5.43 Å². The van der Waals surface area contributed by atoms with E-state index >= 15 is 0 Å². The van der Waals surface area contributed by atoms with Crippen LogP contribution < -0.4 is 20.7 Å². The van der Waals surface area contributed by atoms with Crippen molar-refractivity contribution in [1.82, 2.24) is 15.0 Å². The number of nitrogens with one attached hydrogen (secondary N) is 1. The van der Waals surface area contributed by atoms with Crippen LogP contribution in [-0.4, -0.2) is 28.2 Å². The third-order valence-electron chi connectivity index (χ3n) is 2.33. The largest absolute Gasteiger partial charge is 0.496 e. The highest BCUT2D eigenvalue weighted by atomic mass is 32.2. The van der Waals surface area contributed by atoms with E-state index in [0.29, 0.717) is 5.16 Å². The number of nitrogens with two attached hydrogens (primary N) is 1. The van der Waals surface area contributed by atoms with E-state index < -0.39 is 0 Å². The van der Waals surface area contributed by atoms with Gasteiger partial charge in [-0.1, -0.05) is 12.1 Å². The van der Waals surface area contributed by atoms with E-state index in [-0.39, 0.29) is 18.1 Å². The minimum atomic E-state index is -0.0397. The number of nitrogens with zero attached hydrogens (tertiary/aromatic N) is 3. The van der Waals surface area contributed by atoms with Gasteiger partial charge in [-0.05, 0) is 37.7 Å². The molecule has 1 aromatic heterocycles. The van der Waals surface area contributed by atoms with Crippen molar-refractivity contribution in [3.8, 4) is 11.8 Å². The molecule has 0 aliphatic rings. The molecule has 112 valence electrons. The van der Waals surface area contributed by atoms with Gasteiger partial charge in [-0.2, -0.15) is 15.0 Å². The van der Waals surface area contributed by atoms with Gasteiger partial charge >= 0.3 is 6.01 Å². The van der Waals surface area contributed by atoms with Crippen LogP contribution in [0.25, 0.3) is 0 Å². The van der Waals surface area contributed by atoms with Gasteiger partial charge in [-0.15, -0.1) is 0 Å². The van der Waals surface area contributed by atoms with E-state index in [0.717, 1.165) is 10.6 Å². The van der Waals surface area contributed by atoms with Crippen LogP contribution >= 0.6 is 11.8 Å². The lowest BCUT2D eigenvalue weighted by Crippen LogP contribution is -2.14. The van der Waals surface area contributed by atoms with Crippen molar-refractivity contribution in [2.75, 3.05) is 12.5 Å². The second kappa shape index (κ2) is 7.09. The molecule has 2 aromatic rings. The van der Waals surface area contributed by atoms with E-state index in [2.05, 4.69) is 20.4 Å². The third kappa shape index (κ3) is 4.20. The predicted molar refractivity (Wildman–Crippen MR) is 80.5 cm³/mol. The lowest BCUT2D eigenvalue weighted by atomic mass is 10.3. The van der Waals surface area contributed by atoms with Gasteiger partial charge in [0.15, 0.2) is 0 Å². The summed E-state index contributed by atoms with van der Waals surface area (Å²) in [5, 5.41) is 0.470. The number of rotatable bonds is 6. The molecular formula is C13H17N5O2S. The number of hydrazine groups is 1. The van der Waals surface area contributed by atoms with Crippen molar-refractivity contribution in [2.45, 2.75) is 30.0 Å². The molecule has 0 aliphatic heterocycles. The Kier molecular flexibility index (Phi) is 5.18. The summed E-state index contributed by atoms with van der Waals surface area (Å²) in [6.45, 7) is 3.79. The molecule has 0 spiro atoms. The highest BCUT2D eigenvalue weighted by molar-refractivity contribution is 7.99. The van der Waals surface area contributed by atoms with Crippen LogP contribution in [0, 0.1) is 0 Å². The zero-order valence-electron chi connectivity index (χ0n) is 12.0. The molecular weight excluding hydrogens is 290 g/mol. The summed E-state index contributed by atoms with van der Waals surface area (Å²) in [6, 6.07) is 7.84. The maximum Gasteiger partial charge on any atom is 0.322 e. The molecule has 1 aromatic carbocycles. The van der Waals surface area contributed by atoms with Crippen LogP contribution in [0.5, 0.6) is 11.8 Å². The third-order valence-corrected chi connectivity index (χ3v) is 3.26. The van der Waals surface area contributed by atoms with Crippen molar-refractivity contribution in [1.29, 1.82) is 0 Å². The summed E-state index contributed by atoms with van der Waals surface area (Å²) in [7, 11) is 1.62. The molecule has 8 heteroatoms. The average Bonchev–Trinajstić information content (AvgIpc) is 2.46. The molecule has 21 heavy (non-hydrogen) atoms. The number of para-hydroxylation sites is 1. The molecule has 0 unspecified atom stereocenters. The first kappa shape index (κ1) is 15.3. The molecule has 1 heterocycles. The number of aromatic nitrogens is 3. The Bertz CT molecular complexity index is 609. The first-order valence-electron chi connectivity index (χ1n) is 6.32. The molecule has 0 bridgehead atoms. The van der Waals surface area contributed by atoms with Crippen LogP contribution in [0.4, 0.5) is 5.95 Å². The Balaban J connectivity index is 2.30. The predicted octanol–water partition coefficient (Wildman–Crippen LogP) is 2.10. The minimum absolute atomic E-state index is 0.0397. The molecule has 0 amide bonds. The minimum Gasteiger partial charge on any atom is -0.496 e. The standard InChI is InChI=1S/C13H17N5O2S/c1-8(2)20-12-15-11(18-14)16-13(17-12)21-10-7-5-4-6-9(10)19-3/h4-8H,14H2,1-3H3,(H,15,16,17,18). The molecule has 0 atom stereocenters. The molecule has 0 fully saturated rings. The van der Waals surface area contributed by atoms with Gasteiger partial charge in [-0.25, -0.2) is 5.84 Å². The Morgan fingerprint density at radius 1 is 1.19 bits per heavy atom. The molecule has 2 rings (SSSR count). The molecule has 0 radical (unpaired) electrons. The van der Waals surface area contributed by atoms with Crippen LogP contribution in [0.3, 0.4) is 0 Å². The van der Waals surface area contributed by atoms with Gasteiger partial charge in [0, 0.05) is 0 Å². The van der Waals surface area contributed by atoms with Crippen molar-refractivity contribution in [3.63, 3.8) is 0 Å². The number of hydrogen-bond donors (Lipinski definition) is 2. The number of anilines is 1. The Labute approximate surface area is 127 Å². The fraction of sp³-hybridized carbons (Fsp3) is 0.308. The Morgan fingerprint density at radius 3 is 2.62 bits per heavy atom. The summed E-state index contributed by atoms with van der Waals surface area (Å²) >= 11 is 1.35. The molecule has 0 saturated heterocycles. The van der Waals surface area contributed by atoms with Crippen molar-refractivity contribution >= 4 is 17.7 Å². The van der Waals surface area contributed by atoms with Crippen molar-refractivity contribution in [2.24, 2.45) is 5.84 Å². The quantitative estimate of drug-likeness (QED) is 0.619. The second-order valence-electron chi connectivity index (χ2n) is 4.29. The highest BCUT2D eigenvalue weighted by Crippen LogP contribution is 2.33. The van der Waals surface area contributed by atoms with E-state index in [1.54, 1.807) is 7.11 Å². The molecule has 0 saturated carbocycles. The van der Waals surface area contributed by atoms with Gasteiger partial charge in [0.1, 0.15) is 5.75 Å². The first-order chi connectivity index (χ1) is 10.1. The number of benzene rings is 1. The summed E-state index contributed by atoms with van der Waals surface area (Å²) in [5.41, 5.74) is 2.41. The summed E-state index contributed by atoms with van der Waals surface area (Å²) in [5.74, 6) is 6.37.